The molecule has 3 fully saturated rings. The first kappa shape index (κ1) is 27.6. The average molecular weight is 493 g/mol. The van der Waals surface area contributed by atoms with Crippen molar-refractivity contribution in [2.75, 3.05) is 0 Å². The van der Waals surface area contributed by atoms with Gasteiger partial charge in [-0.2, -0.15) is 0 Å². The van der Waals surface area contributed by atoms with Crippen LogP contribution >= 0.6 is 0 Å². The van der Waals surface area contributed by atoms with E-state index in [2.05, 4.69) is 40.7 Å². The summed E-state index contributed by atoms with van der Waals surface area (Å²) >= 11 is 0. The van der Waals surface area contributed by atoms with E-state index in [1.165, 1.54) is 19.4 Å². The Morgan fingerprint density at radius 3 is 2.11 bits per heavy atom. The Hall–Kier alpha value is -0.460. The molecule has 0 spiro atoms. The lowest BCUT2D eigenvalue weighted by Gasteiger charge is -2.66. The number of rotatable bonds is 5. The molecule has 3 saturated carbocycles. The third kappa shape index (κ3) is 3.81. The fourth-order valence-corrected chi connectivity index (χ4v) is 9.72. The fraction of sp³-hybridized carbons (Fsp3) is 0.933. The summed E-state index contributed by atoms with van der Waals surface area (Å²) in [6, 6.07) is 0. The molecule has 0 aromatic carbocycles. The minimum absolute atomic E-state index is 0.0338. The zero-order valence-corrected chi connectivity index (χ0v) is 23.4. The molecule has 0 aromatic rings. The van der Waals surface area contributed by atoms with Gasteiger partial charge in [0.05, 0.1) is 17.8 Å². The van der Waals surface area contributed by atoms with Crippen LogP contribution in [-0.2, 0) is 0 Å². The Labute approximate surface area is 213 Å². The van der Waals surface area contributed by atoms with Crippen LogP contribution in [0.1, 0.15) is 100 Å². The Morgan fingerprint density at radius 1 is 0.886 bits per heavy atom. The Balaban J connectivity index is 1.63. The van der Waals surface area contributed by atoms with E-state index in [1.807, 2.05) is 6.92 Å². The van der Waals surface area contributed by atoms with Gasteiger partial charge in [0.2, 0.25) is 0 Å². The van der Waals surface area contributed by atoms with Crippen molar-refractivity contribution in [3.05, 3.63) is 11.6 Å². The molecule has 5 N–H and O–H groups in total. The fourth-order valence-electron chi connectivity index (χ4n) is 9.72. The van der Waals surface area contributed by atoms with Crippen molar-refractivity contribution in [3.63, 3.8) is 0 Å². The molecule has 0 bridgehead atoms. The van der Waals surface area contributed by atoms with Gasteiger partial charge in [0.25, 0.3) is 0 Å². The van der Waals surface area contributed by atoms with Crippen LogP contribution in [0.25, 0.3) is 0 Å². The number of fused-ring (bicyclic) bond motifs is 5. The van der Waals surface area contributed by atoms with Gasteiger partial charge in [-0.3, -0.25) is 0 Å². The van der Waals surface area contributed by atoms with E-state index in [4.69, 9.17) is 0 Å². The van der Waals surface area contributed by atoms with Gasteiger partial charge in [-0.05, 0) is 98.7 Å². The molecule has 202 valence electrons. The summed E-state index contributed by atoms with van der Waals surface area (Å²) in [4.78, 5) is 0. The highest BCUT2D eigenvalue weighted by molar-refractivity contribution is 5.30. The molecule has 0 aromatic heterocycles. The van der Waals surface area contributed by atoms with Gasteiger partial charge in [-0.25, -0.2) is 0 Å². The summed E-state index contributed by atoms with van der Waals surface area (Å²) in [6.07, 6.45) is 5.68. The van der Waals surface area contributed by atoms with Crippen LogP contribution in [0.15, 0.2) is 11.6 Å². The van der Waals surface area contributed by atoms with Crippen LogP contribution in [0.4, 0.5) is 0 Å². The second kappa shape index (κ2) is 8.53. The Bertz CT molecular complexity index is 844. The first-order valence-corrected chi connectivity index (χ1v) is 14.1. The normalized spacial score (nSPS) is 46.5. The van der Waals surface area contributed by atoms with E-state index in [0.717, 1.165) is 44.9 Å². The van der Waals surface area contributed by atoms with Gasteiger partial charge in [-0.15, -0.1) is 0 Å². The molecule has 4 aliphatic carbocycles. The third-order valence-corrected chi connectivity index (χ3v) is 12.5. The summed E-state index contributed by atoms with van der Waals surface area (Å²) < 4.78 is 0. The van der Waals surface area contributed by atoms with E-state index in [-0.39, 0.29) is 39.6 Å². The number of hydrogen-bond acceptors (Lipinski definition) is 5. The van der Waals surface area contributed by atoms with Gasteiger partial charge < -0.3 is 25.5 Å². The molecule has 35 heavy (non-hydrogen) atoms. The maximum Gasteiger partial charge on any atom is 0.110 e. The van der Waals surface area contributed by atoms with Crippen molar-refractivity contribution in [1.29, 1.82) is 0 Å². The lowest BCUT2D eigenvalue weighted by molar-refractivity contribution is -0.171. The summed E-state index contributed by atoms with van der Waals surface area (Å²) in [5.74, 6) is 1.13. The Kier molecular flexibility index (Phi) is 6.72. The summed E-state index contributed by atoms with van der Waals surface area (Å²) in [7, 11) is 0. The minimum Gasteiger partial charge on any atom is -0.392 e. The van der Waals surface area contributed by atoms with Gasteiger partial charge in [0.15, 0.2) is 0 Å². The number of aliphatic hydroxyl groups is 5. The number of hydrogen-bond donors (Lipinski definition) is 5. The van der Waals surface area contributed by atoms with Crippen molar-refractivity contribution >= 4 is 0 Å². The molecule has 5 heteroatoms. The van der Waals surface area contributed by atoms with Crippen molar-refractivity contribution in [3.8, 4) is 0 Å². The molecule has 4 rings (SSSR count). The molecule has 4 aliphatic rings. The molecule has 0 amide bonds. The molecule has 11 atom stereocenters. The van der Waals surface area contributed by atoms with E-state index >= 15 is 0 Å². The van der Waals surface area contributed by atoms with Crippen LogP contribution in [0.3, 0.4) is 0 Å². The first-order valence-electron chi connectivity index (χ1n) is 14.1. The maximum absolute atomic E-state index is 11.1. The van der Waals surface area contributed by atoms with Crippen LogP contribution in [-0.4, -0.2) is 55.5 Å². The van der Waals surface area contributed by atoms with Crippen LogP contribution in [0, 0.1) is 45.3 Å². The lowest BCUT2D eigenvalue weighted by atomic mass is 9.39. The first-order chi connectivity index (χ1) is 15.9. The molecule has 5 nitrogen and oxygen atoms in total. The average Bonchev–Trinajstić information content (AvgIpc) is 3.05. The molecule has 0 heterocycles. The van der Waals surface area contributed by atoms with Crippen LogP contribution in [0.2, 0.25) is 0 Å². The second-order valence-corrected chi connectivity index (χ2v) is 14.7. The Morgan fingerprint density at radius 2 is 1.51 bits per heavy atom. The van der Waals surface area contributed by atoms with Crippen molar-refractivity contribution in [2.24, 2.45) is 45.3 Å². The van der Waals surface area contributed by atoms with Gasteiger partial charge in [0, 0.05) is 5.41 Å². The molecule has 4 unspecified atom stereocenters. The molecular formula is C30H52O5. The quantitative estimate of drug-likeness (QED) is 0.365. The van der Waals surface area contributed by atoms with Crippen molar-refractivity contribution in [1.82, 2.24) is 0 Å². The monoisotopic (exact) mass is 492 g/mol. The van der Waals surface area contributed by atoms with E-state index in [9.17, 15) is 25.5 Å². The molecule has 0 radical (unpaired) electrons. The topological polar surface area (TPSA) is 101 Å². The van der Waals surface area contributed by atoms with Gasteiger partial charge in [0.1, 0.15) is 12.2 Å². The predicted octanol–water partition coefficient (Wildman–Crippen LogP) is 4.44. The maximum atomic E-state index is 11.1. The van der Waals surface area contributed by atoms with Gasteiger partial charge >= 0.3 is 0 Å². The molecular weight excluding hydrogens is 440 g/mol. The summed E-state index contributed by atoms with van der Waals surface area (Å²) in [6.45, 7) is 16.8. The highest BCUT2D eigenvalue weighted by Gasteiger charge is 2.67. The molecule has 0 aliphatic heterocycles. The van der Waals surface area contributed by atoms with E-state index in [0.29, 0.717) is 11.8 Å². The largest absolute Gasteiger partial charge is 0.392 e. The standard InChI is InChI=1S/C30H52O5/c1-17(23(32)24(33)25(34)27(4,5)35)18-13-14-30(8)21-11-9-19-20(10-12-22(31)26(19,2)3)28(21,6)15-16-29(18,30)7/h9,17-18,20-25,31-35H,10-16H2,1-8H3/t17-,18+,20?,21?,22-,23-,24+,25+,28?,29?,30-/m0/s1. The molecule has 0 saturated heterocycles. The van der Waals surface area contributed by atoms with E-state index in [1.54, 1.807) is 0 Å². The van der Waals surface area contributed by atoms with Crippen molar-refractivity contribution < 1.29 is 25.5 Å². The van der Waals surface area contributed by atoms with Crippen LogP contribution < -0.4 is 0 Å². The summed E-state index contributed by atoms with van der Waals surface area (Å²) in [5, 5.41) is 53.3. The highest BCUT2D eigenvalue weighted by atomic mass is 16.4. The van der Waals surface area contributed by atoms with Crippen molar-refractivity contribution in [2.45, 2.75) is 130 Å². The predicted molar refractivity (Wildman–Crippen MR) is 138 cm³/mol. The van der Waals surface area contributed by atoms with Gasteiger partial charge in [-0.1, -0.05) is 53.2 Å². The highest BCUT2D eigenvalue weighted by Crippen LogP contribution is 2.75. The zero-order valence-electron chi connectivity index (χ0n) is 23.4. The second-order valence-electron chi connectivity index (χ2n) is 14.7. The summed E-state index contributed by atoms with van der Waals surface area (Å²) in [5.41, 5.74) is 0.209. The third-order valence-electron chi connectivity index (χ3n) is 12.5. The minimum atomic E-state index is -1.48. The number of allylic oxidation sites excluding steroid dienone is 1. The SMILES string of the molecule is C[C@H]([C@H](O)[C@@H](O)[C@@H](O)C(C)(C)O)[C@H]1CC[C@@]2(C)C3CC=C4C(CC[C@H](O)C4(C)C)C3(C)CCC12C. The smallest absolute Gasteiger partial charge is 0.110 e. The van der Waals surface area contributed by atoms with Crippen LogP contribution in [0.5, 0.6) is 0 Å². The van der Waals surface area contributed by atoms with E-state index < -0.39 is 23.9 Å². The zero-order chi connectivity index (χ0) is 26.4. The number of aliphatic hydroxyl groups excluding tert-OH is 4. The lowest BCUT2D eigenvalue weighted by Crippen LogP contribution is -2.60.